The van der Waals surface area contributed by atoms with Crippen LogP contribution in [-0.4, -0.2) is 23.0 Å². The number of hydrogen-bond donors (Lipinski definition) is 1. The molecule has 0 aliphatic rings. The van der Waals surface area contributed by atoms with E-state index in [1.54, 1.807) is 19.1 Å². The minimum atomic E-state index is -0.862. The monoisotopic (exact) mass is 284 g/mol. The van der Waals surface area contributed by atoms with Gasteiger partial charge in [-0.05, 0) is 25.5 Å². The first-order chi connectivity index (χ1) is 8.93. The van der Waals surface area contributed by atoms with Crippen molar-refractivity contribution in [3.8, 4) is 0 Å². The van der Waals surface area contributed by atoms with Crippen molar-refractivity contribution < 1.29 is 14.3 Å². The average Bonchev–Trinajstić information content (AvgIpc) is 2.40. The molecule has 0 spiro atoms. The highest BCUT2D eigenvalue weighted by atomic mass is 35.5. The highest BCUT2D eigenvalue weighted by Gasteiger charge is 2.21. The molecule has 1 N–H and O–H groups in total. The molecule has 0 saturated heterocycles. The normalized spacial score (nSPS) is 13.5. The summed E-state index contributed by atoms with van der Waals surface area (Å²) in [5, 5.41) is 3.03. The first-order valence-corrected chi connectivity index (χ1v) is 6.44. The minimum Gasteiger partial charge on any atom is -0.452 e. The van der Waals surface area contributed by atoms with Crippen molar-refractivity contribution in [3.63, 3.8) is 0 Å². The Morgan fingerprint density at radius 2 is 2.11 bits per heavy atom. The van der Waals surface area contributed by atoms with Gasteiger partial charge in [0, 0.05) is 6.20 Å². The SMILES string of the molecule is CC[C@H](C)C(=O)O[C@@H](C)C(=O)Nc1ccc(Cl)cn1. The van der Waals surface area contributed by atoms with Crippen LogP contribution in [0.25, 0.3) is 0 Å². The number of carbonyl (C=O) groups excluding carboxylic acids is 2. The molecule has 104 valence electrons. The first-order valence-electron chi connectivity index (χ1n) is 6.07. The molecule has 0 unspecified atom stereocenters. The van der Waals surface area contributed by atoms with Crippen LogP contribution in [0.1, 0.15) is 27.2 Å². The molecule has 19 heavy (non-hydrogen) atoms. The molecule has 1 aromatic heterocycles. The summed E-state index contributed by atoms with van der Waals surface area (Å²) in [6, 6.07) is 3.18. The largest absolute Gasteiger partial charge is 0.452 e. The van der Waals surface area contributed by atoms with Crippen molar-refractivity contribution >= 4 is 29.3 Å². The second kappa shape index (κ2) is 7.09. The summed E-state index contributed by atoms with van der Waals surface area (Å²) in [4.78, 5) is 27.3. The maximum atomic E-state index is 11.8. The van der Waals surface area contributed by atoms with Crippen LogP contribution in [0.4, 0.5) is 5.82 Å². The molecule has 0 saturated carbocycles. The smallest absolute Gasteiger partial charge is 0.309 e. The maximum Gasteiger partial charge on any atom is 0.309 e. The topological polar surface area (TPSA) is 68.3 Å². The number of rotatable bonds is 5. The van der Waals surface area contributed by atoms with Crippen LogP contribution >= 0.6 is 11.6 Å². The van der Waals surface area contributed by atoms with Gasteiger partial charge in [0.2, 0.25) is 0 Å². The summed E-state index contributed by atoms with van der Waals surface area (Å²) in [6.45, 7) is 5.16. The Morgan fingerprint density at radius 3 is 2.63 bits per heavy atom. The number of carbonyl (C=O) groups is 2. The van der Waals surface area contributed by atoms with E-state index in [-0.39, 0.29) is 11.9 Å². The number of nitrogens with one attached hydrogen (secondary N) is 1. The van der Waals surface area contributed by atoms with Crippen molar-refractivity contribution in [1.29, 1.82) is 0 Å². The van der Waals surface area contributed by atoms with Crippen LogP contribution in [-0.2, 0) is 14.3 Å². The minimum absolute atomic E-state index is 0.219. The Labute approximate surface area is 117 Å². The molecule has 6 heteroatoms. The van der Waals surface area contributed by atoms with Gasteiger partial charge in [-0.25, -0.2) is 4.98 Å². The molecule has 5 nitrogen and oxygen atoms in total. The van der Waals surface area contributed by atoms with Gasteiger partial charge in [0.05, 0.1) is 10.9 Å². The van der Waals surface area contributed by atoms with Gasteiger partial charge >= 0.3 is 5.97 Å². The number of aromatic nitrogens is 1. The van der Waals surface area contributed by atoms with E-state index in [1.165, 1.54) is 13.1 Å². The summed E-state index contributed by atoms with van der Waals surface area (Å²) in [5.74, 6) is -0.662. The molecule has 1 aromatic rings. The van der Waals surface area contributed by atoms with Gasteiger partial charge in [0.1, 0.15) is 5.82 Å². The Bertz CT molecular complexity index is 448. The van der Waals surface area contributed by atoms with E-state index in [2.05, 4.69) is 10.3 Å². The van der Waals surface area contributed by atoms with Gasteiger partial charge in [0.25, 0.3) is 5.91 Å². The third kappa shape index (κ3) is 4.87. The summed E-state index contributed by atoms with van der Waals surface area (Å²) >= 11 is 5.69. The number of hydrogen-bond acceptors (Lipinski definition) is 4. The van der Waals surface area contributed by atoms with Crippen LogP contribution in [0, 0.1) is 5.92 Å². The van der Waals surface area contributed by atoms with E-state index in [1.807, 2.05) is 6.92 Å². The number of amides is 1. The van der Waals surface area contributed by atoms with E-state index in [4.69, 9.17) is 16.3 Å². The lowest BCUT2D eigenvalue weighted by atomic mass is 10.1. The lowest BCUT2D eigenvalue weighted by Gasteiger charge is -2.15. The van der Waals surface area contributed by atoms with Crippen molar-refractivity contribution in [2.75, 3.05) is 5.32 Å². The van der Waals surface area contributed by atoms with Crippen LogP contribution in [0.5, 0.6) is 0 Å². The van der Waals surface area contributed by atoms with E-state index in [9.17, 15) is 9.59 Å². The Kier molecular flexibility index (Phi) is 5.76. The molecule has 0 aromatic carbocycles. The fourth-order valence-electron chi connectivity index (χ4n) is 1.19. The second-order valence-electron chi connectivity index (χ2n) is 4.24. The summed E-state index contributed by atoms with van der Waals surface area (Å²) < 4.78 is 5.06. The van der Waals surface area contributed by atoms with Crippen LogP contribution in [0.2, 0.25) is 5.02 Å². The zero-order chi connectivity index (χ0) is 14.4. The zero-order valence-corrected chi connectivity index (χ0v) is 11.9. The molecule has 1 rings (SSSR count). The van der Waals surface area contributed by atoms with E-state index < -0.39 is 12.0 Å². The molecule has 0 radical (unpaired) electrons. The van der Waals surface area contributed by atoms with Crippen LogP contribution < -0.4 is 5.32 Å². The van der Waals surface area contributed by atoms with Gasteiger partial charge in [-0.1, -0.05) is 25.4 Å². The molecule has 0 bridgehead atoms. The number of halogens is 1. The first kappa shape index (κ1) is 15.4. The Hall–Kier alpha value is -1.62. The number of ether oxygens (including phenoxy) is 1. The molecule has 1 heterocycles. The van der Waals surface area contributed by atoms with Gasteiger partial charge in [-0.2, -0.15) is 0 Å². The number of esters is 1. The zero-order valence-electron chi connectivity index (χ0n) is 11.1. The molecule has 0 fully saturated rings. The van der Waals surface area contributed by atoms with Crippen LogP contribution in [0.3, 0.4) is 0 Å². The van der Waals surface area contributed by atoms with E-state index >= 15 is 0 Å². The van der Waals surface area contributed by atoms with E-state index in [0.29, 0.717) is 17.3 Å². The molecule has 1 amide bonds. The van der Waals surface area contributed by atoms with Crippen molar-refractivity contribution in [3.05, 3.63) is 23.4 Å². The highest BCUT2D eigenvalue weighted by molar-refractivity contribution is 6.30. The molecular formula is C13H17ClN2O3. The average molecular weight is 285 g/mol. The van der Waals surface area contributed by atoms with E-state index in [0.717, 1.165) is 0 Å². The fourth-order valence-corrected chi connectivity index (χ4v) is 1.30. The predicted octanol–water partition coefficient (Wildman–Crippen LogP) is 2.65. The Morgan fingerprint density at radius 1 is 1.42 bits per heavy atom. The molecule has 0 aliphatic carbocycles. The van der Waals surface area contributed by atoms with Crippen molar-refractivity contribution in [1.82, 2.24) is 4.98 Å². The van der Waals surface area contributed by atoms with Crippen LogP contribution in [0.15, 0.2) is 18.3 Å². The highest BCUT2D eigenvalue weighted by Crippen LogP contribution is 2.11. The van der Waals surface area contributed by atoms with Gasteiger partial charge < -0.3 is 10.1 Å². The quantitative estimate of drug-likeness (QED) is 0.844. The van der Waals surface area contributed by atoms with Crippen molar-refractivity contribution in [2.45, 2.75) is 33.3 Å². The second-order valence-corrected chi connectivity index (χ2v) is 4.68. The third-order valence-corrected chi connectivity index (χ3v) is 2.88. The number of anilines is 1. The van der Waals surface area contributed by atoms with Crippen molar-refractivity contribution in [2.24, 2.45) is 5.92 Å². The molecule has 0 aliphatic heterocycles. The lowest BCUT2D eigenvalue weighted by molar-refractivity contribution is -0.156. The summed E-state index contributed by atoms with van der Waals surface area (Å²) in [5.41, 5.74) is 0. The molecule has 2 atom stereocenters. The summed E-state index contributed by atoms with van der Waals surface area (Å²) in [6.07, 6.45) is 1.23. The lowest BCUT2D eigenvalue weighted by Crippen LogP contribution is -2.31. The molecular weight excluding hydrogens is 268 g/mol. The van der Waals surface area contributed by atoms with Gasteiger partial charge in [-0.3, -0.25) is 9.59 Å². The fraction of sp³-hybridized carbons (Fsp3) is 0.462. The number of pyridine rings is 1. The predicted molar refractivity (Wildman–Crippen MR) is 72.9 cm³/mol. The van der Waals surface area contributed by atoms with Gasteiger partial charge in [0.15, 0.2) is 6.10 Å². The standard InChI is InChI=1S/C13H17ClN2O3/c1-4-8(2)13(18)19-9(3)12(17)16-11-6-5-10(14)7-15-11/h5-9H,4H2,1-3H3,(H,15,16,17)/t8-,9-/m0/s1. The third-order valence-electron chi connectivity index (χ3n) is 2.66. The Balaban J connectivity index is 2.53. The van der Waals surface area contributed by atoms with Gasteiger partial charge in [-0.15, -0.1) is 0 Å². The maximum absolute atomic E-state index is 11.8. The summed E-state index contributed by atoms with van der Waals surface area (Å²) in [7, 11) is 0. The number of nitrogens with zero attached hydrogens (tertiary/aromatic N) is 1.